The second-order valence-electron chi connectivity index (χ2n) is 5.20. The lowest BCUT2D eigenvalue weighted by atomic mass is 10.2. The average molecular weight is 335 g/mol. The van der Waals surface area contributed by atoms with Gasteiger partial charge in [0.05, 0.1) is 11.1 Å². The number of ether oxygens (including phenoxy) is 1. The monoisotopic (exact) mass is 334 g/mol. The van der Waals surface area contributed by atoms with Gasteiger partial charge in [-0.05, 0) is 24.6 Å². The lowest BCUT2D eigenvalue weighted by Gasteiger charge is -2.14. The van der Waals surface area contributed by atoms with Crippen molar-refractivity contribution in [2.75, 3.05) is 13.7 Å². The maximum atomic E-state index is 12.3. The van der Waals surface area contributed by atoms with Crippen LogP contribution in [0.1, 0.15) is 26.3 Å². The van der Waals surface area contributed by atoms with E-state index in [0.717, 1.165) is 5.56 Å². The largest absolute Gasteiger partial charge is 0.380 e. The Labute approximate surface area is 132 Å². The molecule has 5 nitrogen and oxygen atoms in total. The molecule has 1 unspecified atom stereocenters. The van der Waals surface area contributed by atoms with Gasteiger partial charge in [0.1, 0.15) is 4.90 Å². The van der Waals surface area contributed by atoms with Crippen LogP contribution in [0.2, 0.25) is 5.02 Å². The molecule has 0 radical (unpaired) electrons. The molecular weight excluding hydrogens is 312 g/mol. The zero-order chi connectivity index (χ0) is 16.0. The lowest BCUT2D eigenvalue weighted by molar-refractivity contribution is 0.122. The van der Waals surface area contributed by atoms with Gasteiger partial charge in [-0.2, -0.15) is 0 Å². The third-order valence-corrected chi connectivity index (χ3v) is 4.87. The molecule has 0 saturated heterocycles. The van der Waals surface area contributed by atoms with Crippen molar-refractivity contribution in [2.45, 2.75) is 44.4 Å². The van der Waals surface area contributed by atoms with Crippen LogP contribution in [-0.4, -0.2) is 34.2 Å². The van der Waals surface area contributed by atoms with Crippen molar-refractivity contribution in [3.63, 3.8) is 0 Å². The molecule has 2 N–H and O–H groups in total. The molecule has 0 aliphatic heterocycles. The van der Waals surface area contributed by atoms with Crippen LogP contribution in [0.15, 0.2) is 23.1 Å². The lowest BCUT2D eigenvalue weighted by Crippen LogP contribution is -2.32. The number of methoxy groups -OCH3 is 1. The summed E-state index contributed by atoms with van der Waals surface area (Å²) in [4.78, 5) is 0.0931. The highest BCUT2D eigenvalue weighted by Gasteiger charge is 2.19. The first-order valence-electron chi connectivity index (χ1n) is 6.80. The molecule has 7 heteroatoms. The van der Waals surface area contributed by atoms with Gasteiger partial charge in [-0.1, -0.05) is 31.5 Å². The molecule has 1 atom stereocenters. The maximum absolute atomic E-state index is 12.3. The van der Waals surface area contributed by atoms with Gasteiger partial charge in [-0.3, -0.25) is 0 Å². The van der Waals surface area contributed by atoms with Crippen molar-refractivity contribution in [1.29, 1.82) is 0 Å². The summed E-state index contributed by atoms with van der Waals surface area (Å²) in [7, 11) is -2.11. The molecule has 0 heterocycles. The molecule has 0 amide bonds. The summed E-state index contributed by atoms with van der Waals surface area (Å²) in [6.45, 7) is 6.63. The number of hydrogen-bond donors (Lipinski definition) is 2. The van der Waals surface area contributed by atoms with E-state index in [9.17, 15) is 8.42 Å². The molecule has 0 spiro atoms. The van der Waals surface area contributed by atoms with Gasteiger partial charge >= 0.3 is 0 Å². The van der Waals surface area contributed by atoms with Gasteiger partial charge in [-0.25, -0.2) is 13.1 Å². The molecule has 0 aromatic heterocycles. The molecular formula is C14H23ClN2O3S. The van der Waals surface area contributed by atoms with E-state index in [1.807, 2.05) is 19.9 Å². The van der Waals surface area contributed by atoms with Gasteiger partial charge in [0.25, 0.3) is 0 Å². The van der Waals surface area contributed by atoms with Gasteiger partial charge in [0.2, 0.25) is 10.0 Å². The SMILES string of the molecule is COC(C)CNS(=O)(=O)c1cc(CNC(C)C)ccc1Cl. The number of hydrogen-bond acceptors (Lipinski definition) is 4. The summed E-state index contributed by atoms with van der Waals surface area (Å²) < 4.78 is 32.1. The van der Waals surface area contributed by atoms with E-state index < -0.39 is 10.0 Å². The number of benzene rings is 1. The fourth-order valence-corrected chi connectivity index (χ4v) is 3.24. The van der Waals surface area contributed by atoms with E-state index in [-0.39, 0.29) is 22.6 Å². The fourth-order valence-electron chi connectivity index (χ4n) is 1.57. The Balaban J connectivity index is 2.91. The first-order valence-corrected chi connectivity index (χ1v) is 8.66. The highest BCUT2D eigenvalue weighted by Crippen LogP contribution is 2.22. The zero-order valence-electron chi connectivity index (χ0n) is 12.8. The van der Waals surface area contributed by atoms with E-state index in [2.05, 4.69) is 10.0 Å². The standard InChI is InChI=1S/C14H23ClN2O3S/c1-10(2)16-9-12-5-6-13(15)14(7-12)21(18,19)17-8-11(3)20-4/h5-7,10-11,16-17H,8-9H2,1-4H3. The third-order valence-electron chi connectivity index (χ3n) is 2.96. The highest BCUT2D eigenvalue weighted by atomic mass is 35.5. The Morgan fingerprint density at radius 3 is 2.52 bits per heavy atom. The normalized spacial score (nSPS) is 13.6. The molecule has 1 aromatic carbocycles. The first-order chi connectivity index (χ1) is 9.76. The van der Waals surface area contributed by atoms with Crippen LogP contribution in [0.25, 0.3) is 0 Å². The second-order valence-corrected chi connectivity index (χ2v) is 7.34. The van der Waals surface area contributed by atoms with Crippen LogP contribution < -0.4 is 10.0 Å². The van der Waals surface area contributed by atoms with Gasteiger partial charge < -0.3 is 10.1 Å². The van der Waals surface area contributed by atoms with Crippen molar-refractivity contribution < 1.29 is 13.2 Å². The molecule has 1 aromatic rings. The zero-order valence-corrected chi connectivity index (χ0v) is 14.4. The first kappa shape index (κ1) is 18.4. The van der Waals surface area contributed by atoms with Crippen LogP contribution in [-0.2, 0) is 21.3 Å². The molecule has 1 rings (SSSR count). The van der Waals surface area contributed by atoms with Crippen molar-refractivity contribution in [1.82, 2.24) is 10.0 Å². The third kappa shape index (κ3) is 5.92. The maximum Gasteiger partial charge on any atom is 0.242 e. The summed E-state index contributed by atoms with van der Waals surface area (Å²) in [6, 6.07) is 5.33. The van der Waals surface area contributed by atoms with E-state index in [0.29, 0.717) is 12.6 Å². The van der Waals surface area contributed by atoms with Gasteiger partial charge in [0, 0.05) is 26.2 Å². The van der Waals surface area contributed by atoms with E-state index in [4.69, 9.17) is 16.3 Å². The Morgan fingerprint density at radius 2 is 1.95 bits per heavy atom. The van der Waals surface area contributed by atoms with E-state index >= 15 is 0 Å². The van der Waals surface area contributed by atoms with Crippen molar-refractivity contribution in [2.24, 2.45) is 0 Å². The molecule has 0 saturated carbocycles. The second kappa shape index (κ2) is 8.10. The minimum absolute atomic E-state index is 0.0931. The van der Waals surface area contributed by atoms with E-state index in [1.165, 1.54) is 7.11 Å². The molecule has 0 bridgehead atoms. The number of sulfonamides is 1. The molecule has 0 aliphatic carbocycles. The Kier molecular flexibility index (Phi) is 7.09. The van der Waals surface area contributed by atoms with Gasteiger partial charge in [-0.15, -0.1) is 0 Å². The summed E-state index contributed by atoms with van der Waals surface area (Å²) in [5.41, 5.74) is 0.869. The Bertz CT molecular complexity index is 561. The molecule has 120 valence electrons. The van der Waals surface area contributed by atoms with Crippen LogP contribution in [0, 0.1) is 0 Å². The predicted octanol–water partition coefficient (Wildman–Crippen LogP) is 2.15. The summed E-state index contributed by atoms with van der Waals surface area (Å²) >= 11 is 6.02. The van der Waals surface area contributed by atoms with Crippen LogP contribution in [0.4, 0.5) is 0 Å². The van der Waals surface area contributed by atoms with Crippen LogP contribution in [0.3, 0.4) is 0 Å². The summed E-state index contributed by atoms with van der Waals surface area (Å²) in [6.07, 6.45) is -0.204. The smallest absolute Gasteiger partial charge is 0.242 e. The Morgan fingerprint density at radius 1 is 1.29 bits per heavy atom. The van der Waals surface area contributed by atoms with Crippen LogP contribution >= 0.6 is 11.6 Å². The Hall–Kier alpha value is -0.660. The highest BCUT2D eigenvalue weighted by molar-refractivity contribution is 7.89. The summed E-state index contributed by atoms with van der Waals surface area (Å²) in [5, 5.41) is 3.45. The number of nitrogens with one attached hydrogen (secondary N) is 2. The predicted molar refractivity (Wildman–Crippen MR) is 85.1 cm³/mol. The fraction of sp³-hybridized carbons (Fsp3) is 0.571. The van der Waals surface area contributed by atoms with Crippen molar-refractivity contribution >= 4 is 21.6 Å². The van der Waals surface area contributed by atoms with Crippen molar-refractivity contribution in [3.8, 4) is 0 Å². The van der Waals surface area contributed by atoms with Gasteiger partial charge in [0.15, 0.2) is 0 Å². The minimum Gasteiger partial charge on any atom is -0.380 e. The number of halogens is 1. The quantitative estimate of drug-likeness (QED) is 0.764. The average Bonchev–Trinajstić information content (AvgIpc) is 2.43. The molecule has 0 aliphatic rings. The minimum atomic E-state index is -3.65. The topological polar surface area (TPSA) is 67.4 Å². The summed E-state index contributed by atoms with van der Waals surface area (Å²) in [5.74, 6) is 0. The van der Waals surface area contributed by atoms with Crippen LogP contribution in [0.5, 0.6) is 0 Å². The number of rotatable bonds is 8. The van der Waals surface area contributed by atoms with Crippen molar-refractivity contribution in [3.05, 3.63) is 28.8 Å². The molecule has 21 heavy (non-hydrogen) atoms. The van der Waals surface area contributed by atoms with E-state index in [1.54, 1.807) is 19.1 Å². The molecule has 0 fully saturated rings.